The lowest BCUT2D eigenvalue weighted by Gasteiger charge is -2.35. The SMILES string of the molecule is C[C@@H](Nc1nc(N2CC[C@H](NC(=O)O)[C@@H](O)C2)ncc1OC(F)F)c1ccc(Cl)cc1Cl. The van der Waals surface area contributed by atoms with Crippen LogP contribution < -0.4 is 20.3 Å². The van der Waals surface area contributed by atoms with E-state index in [4.69, 9.17) is 28.3 Å². The Morgan fingerprint density at radius 2 is 2.12 bits per heavy atom. The van der Waals surface area contributed by atoms with Gasteiger partial charge in [0, 0.05) is 23.1 Å². The summed E-state index contributed by atoms with van der Waals surface area (Å²) in [6, 6.07) is 3.84. The average Bonchev–Trinajstić information content (AvgIpc) is 2.70. The predicted octanol–water partition coefficient (Wildman–Crippen LogP) is 3.77. The maximum Gasteiger partial charge on any atom is 0.404 e. The highest BCUT2D eigenvalue weighted by molar-refractivity contribution is 6.35. The molecule has 1 aliphatic rings. The number of carbonyl (C=O) groups is 1. The van der Waals surface area contributed by atoms with Gasteiger partial charge in [-0.15, -0.1) is 0 Å². The quantitative estimate of drug-likeness (QED) is 0.461. The lowest BCUT2D eigenvalue weighted by atomic mass is 10.0. The molecule has 1 aromatic carbocycles. The molecule has 0 unspecified atom stereocenters. The Morgan fingerprint density at radius 3 is 2.75 bits per heavy atom. The third-order valence-electron chi connectivity index (χ3n) is 4.91. The number of rotatable bonds is 7. The number of nitrogens with zero attached hydrogens (tertiary/aromatic N) is 3. The molecule has 1 aromatic heterocycles. The van der Waals surface area contributed by atoms with E-state index in [9.17, 15) is 18.7 Å². The minimum Gasteiger partial charge on any atom is -0.465 e. The van der Waals surface area contributed by atoms with E-state index in [0.717, 1.165) is 6.20 Å². The van der Waals surface area contributed by atoms with Crippen molar-refractivity contribution in [3.05, 3.63) is 40.0 Å². The van der Waals surface area contributed by atoms with Crippen LogP contribution >= 0.6 is 23.2 Å². The molecule has 2 aromatic rings. The highest BCUT2D eigenvalue weighted by atomic mass is 35.5. The second kappa shape index (κ2) is 10.3. The average molecular weight is 492 g/mol. The van der Waals surface area contributed by atoms with Gasteiger partial charge in [0.05, 0.1) is 24.4 Å². The van der Waals surface area contributed by atoms with Crippen molar-refractivity contribution in [2.24, 2.45) is 0 Å². The van der Waals surface area contributed by atoms with E-state index in [1.807, 2.05) is 0 Å². The highest BCUT2D eigenvalue weighted by Gasteiger charge is 2.30. The lowest BCUT2D eigenvalue weighted by Crippen LogP contribution is -2.54. The normalized spacial score (nSPS) is 19.5. The smallest absolute Gasteiger partial charge is 0.404 e. The van der Waals surface area contributed by atoms with Gasteiger partial charge in [0.15, 0.2) is 11.6 Å². The number of carboxylic acid groups (broad SMARTS) is 1. The standard InChI is InChI=1S/C19H21Cl2F2N5O4/c1-9(11-3-2-10(20)6-12(11)21)25-16-15(32-17(22)23)7-24-18(27-16)28-5-4-13(14(29)8-28)26-19(30)31/h2-3,6-7,9,13-14,17,26,29H,4-5,8H2,1H3,(H,30,31)(H,24,25,27)/t9-,13+,14+/m1/s1. The minimum absolute atomic E-state index is 0.00842. The van der Waals surface area contributed by atoms with Crippen LogP contribution in [0.4, 0.5) is 25.3 Å². The Balaban J connectivity index is 1.83. The number of ether oxygens (including phenoxy) is 1. The Hall–Kier alpha value is -2.63. The summed E-state index contributed by atoms with van der Waals surface area (Å²) >= 11 is 12.2. The molecule has 3 atom stereocenters. The summed E-state index contributed by atoms with van der Waals surface area (Å²) in [5.41, 5.74) is 0.662. The van der Waals surface area contributed by atoms with Crippen LogP contribution in [-0.4, -0.2) is 58.1 Å². The first kappa shape index (κ1) is 24.0. The lowest BCUT2D eigenvalue weighted by molar-refractivity contribution is -0.0498. The number of nitrogens with one attached hydrogen (secondary N) is 2. The number of anilines is 2. The van der Waals surface area contributed by atoms with Crippen molar-refractivity contribution in [1.82, 2.24) is 15.3 Å². The first-order valence-corrected chi connectivity index (χ1v) is 10.4. The second-order valence-electron chi connectivity index (χ2n) is 7.15. The predicted molar refractivity (Wildman–Crippen MR) is 115 cm³/mol. The summed E-state index contributed by atoms with van der Waals surface area (Å²) in [6.07, 6.45) is -0.802. The molecule has 4 N–H and O–H groups in total. The van der Waals surface area contributed by atoms with E-state index < -0.39 is 30.9 Å². The number of hydrogen-bond donors (Lipinski definition) is 4. The first-order valence-electron chi connectivity index (χ1n) is 9.60. The molecule has 13 heteroatoms. The zero-order chi connectivity index (χ0) is 23.4. The van der Waals surface area contributed by atoms with E-state index in [1.54, 1.807) is 30.0 Å². The topological polar surface area (TPSA) is 120 Å². The molecule has 0 saturated carbocycles. The molecule has 0 radical (unpaired) electrons. The van der Waals surface area contributed by atoms with Gasteiger partial charge in [-0.05, 0) is 31.0 Å². The van der Waals surface area contributed by atoms with Gasteiger partial charge in [-0.25, -0.2) is 9.78 Å². The van der Waals surface area contributed by atoms with Crippen molar-refractivity contribution < 1.29 is 28.5 Å². The van der Waals surface area contributed by atoms with Crippen LogP contribution in [0.3, 0.4) is 0 Å². The largest absolute Gasteiger partial charge is 0.465 e. The number of benzene rings is 1. The zero-order valence-corrected chi connectivity index (χ0v) is 18.3. The second-order valence-corrected chi connectivity index (χ2v) is 7.99. The number of amides is 1. The summed E-state index contributed by atoms with van der Waals surface area (Å²) in [7, 11) is 0. The molecule has 1 aliphatic heterocycles. The van der Waals surface area contributed by atoms with Gasteiger partial charge in [0.2, 0.25) is 5.95 Å². The number of β-amino-alcohol motifs (C(OH)–C–C–N with tert-alkyl or cyclic N) is 1. The molecule has 9 nitrogen and oxygen atoms in total. The van der Waals surface area contributed by atoms with Crippen LogP contribution in [0.1, 0.15) is 24.9 Å². The van der Waals surface area contributed by atoms with Gasteiger partial charge < -0.3 is 30.5 Å². The number of piperidine rings is 1. The van der Waals surface area contributed by atoms with E-state index >= 15 is 0 Å². The van der Waals surface area contributed by atoms with Crippen LogP contribution in [0, 0.1) is 0 Å². The maximum absolute atomic E-state index is 12.9. The van der Waals surface area contributed by atoms with Crippen molar-refractivity contribution in [3.8, 4) is 5.75 Å². The van der Waals surface area contributed by atoms with Crippen molar-refractivity contribution in [2.75, 3.05) is 23.3 Å². The zero-order valence-electron chi connectivity index (χ0n) is 16.8. The van der Waals surface area contributed by atoms with Gasteiger partial charge in [-0.3, -0.25) is 0 Å². The number of aliphatic hydroxyl groups is 1. The Kier molecular flexibility index (Phi) is 7.75. The summed E-state index contributed by atoms with van der Waals surface area (Å²) < 4.78 is 30.3. The molecule has 1 saturated heterocycles. The monoisotopic (exact) mass is 491 g/mol. The van der Waals surface area contributed by atoms with Crippen molar-refractivity contribution >= 4 is 41.1 Å². The fourth-order valence-corrected chi connectivity index (χ4v) is 3.95. The molecule has 0 spiro atoms. The number of hydrogen-bond acceptors (Lipinski definition) is 7. The summed E-state index contributed by atoms with van der Waals surface area (Å²) in [5.74, 6) is -0.0888. The molecular formula is C19H21Cl2F2N5O4. The molecule has 3 rings (SSSR count). The number of halogens is 4. The van der Waals surface area contributed by atoms with Crippen molar-refractivity contribution in [3.63, 3.8) is 0 Å². The molecular weight excluding hydrogens is 471 g/mol. The van der Waals surface area contributed by atoms with Gasteiger partial charge in [0.25, 0.3) is 0 Å². The summed E-state index contributed by atoms with van der Waals surface area (Å²) in [6.45, 7) is -0.928. The molecule has 1 fully saturated rings. The van der Waals surface area contributed by atoms with Crippen molar-refractivity contribution in [2.45, 2.75) is 38.1 Å². The fourth-order valence-electron chi connectivity index (χ4n) is 3.38. The van der Waals surface area contributed by atoms with Crippen LogP contribution in [0.25, 0.3) is 0 Å². The minimum atomic E-state index is -3.08. The fraction of sp³-hybridized carbons (Fsp3) is 0.421. The Morgan fingerprint density at radius 1 is 1.38 bits per heavy atom. The molecule has 2 heterocycles. The van der Waals surface area contributed by atoms with Gasteiger partial charge in [0.1, 0.15) is 0 Å². The van der Waals surface area contributed by atoms with Gasteiger partial charge in [-0.1, -0.05) is 29.3 Å². The van der Waals surface area contributed by atoms with Gasteiger partial charge in [-0.2, -0.15) is 13.8 Å². The van der Waals surface area contributed by atoms with Crippen molar-refractivity contribution in [1.29, 1.82) is 0 Å². The van der Waals surface area contributed by atoms with E-state index in [0.29, 0.717) is 28.6 Å². The van der Waals surface area contributed by atoms with Crippen LogP contribution in [-0.2, 0) is 0 Å². The van der Waals surface area contributed by atoms with Crippen LogP contribution in [0.5, 0.6) is 5.75 Å². The Bertz CT molecular complexity index is 971. The molecule has 1 amide bonds. The van der Waals surface area contributed by atoms with E-state index in [2.05, 4.69) is 25.3 Å². The van der Waals surface area contributed by atoms with E-state index in [-0.39, 0.29) is 24.1 Å². The molecule has 174 valence electrons. The third-order valence-corrected chi connectivity index (χ3v) is 5.48. The third kappa shape index (κ3) is 5.99. The van der Waals surface area contributed by atoms with Gasteiger partial charge >= 0.3 is 12.7 Å². The highest BCUT2D eigenvalue weighted by Crippen LogP contribution is 2.32. The number of aliphatic hydroxyl groups excluding tert-OH is 1. The number of aromatic nitrogens is 2. The maximum atomic E-state index is 12.9. The Labute approximate surface area is 192 Å². The van der Waals surface area contributed by atoms with E-state index in [1.165, 1.54) is 0 Å². The molecule has 0 bridgehead atoms. The number of alkyl halides is 2. The first-order chi connectivity index (χ1) is 15.1. The summed E-state index contributed by atoms with van der Waals surface area (Å²) in [5, 5.41) is 25.2. The van der Waals surface area contributed by atoms with Crippen LogP contribution in [0.2, 0.25) is 10.0 Å². The molecule has 0 aliphatic carbocycles. The summed E-state index contributed by atoms with van der Waals surface area (Å²) in [4.78, 5) is 20.8. The molecule has 32 heavy (non-hydrogen) atoms. The van der Waals surface area contributed by atoms with Crippen LogP contribution in [0.15, 0.2) is 24.4 Å².